The zero-order valence-corrected chi connectivity index (χ0v) is 12.9. The van der Waals surface area contributed by atoms with E-state index in [1.54, 1.807) is 24.4 Å². The smallest absolute Gasteiger partial charge is 0.270 e. The van der Waals surface area contributed by atoms with Crippen molar-refractivity contribution in [2.24, 2.45) is 0 Å². The molecule has 0 aliphatic carbocycles. The number of amides is 1. The van der Waals surface area contributed by atoms with Crippen LogP contribution in [-0.4, -0.2) is 29.0 Å². The predicted molar refractivity (Wildman–Crippen MR) is 86.1 cm³/mol. The molecule has 0 bridgehead atoms. The van der Waals surface area contributed by atoms with Crippen molar-refractivity contribution >= 4 is 23.5 Å². The molecule has 5 nitrogen and oxygen atoms in total. The number of halogens is 1. The van der Waals surface area contributed by atoms with Crippen LogP contribution in [-0.2, 0) is 6.54 Å². The molecule has 0 saturated carbocycles. The molecule has 1 aromatic carbocycles. The molecule has 6 heteroatoms. The highest BCUT2D eigenvalue weighted by atomic mass is 35.5. The molecule has 0 radical (unpaired) electrons. The molecular weight excluding hydrogens is 300 g/mol. The highest BCUT2D eigenvalue weighted by molar-refractivity contribution is 6.30. The molecule has 1 aliphatic rings. The van der Waals surface area contributed by atoms with Crippen LogP contribution in [0, 0.1) is 0 Å². The molecule has 1 fully saturated rings. The zero-order valence-electron chi connectivity index (χ0n) is 12.1. The van der Waals surface area contributed by atoms with E-state index >= 15 is 0 Å². The van der Waals surface area contributed by atoms with Gasteiger partial charge in [-0.2, -0.15) is 0 Å². The van der Waals surface area contributed by atoms with Crippen LogP contribution in [0.3, 0.4) is 0 Å². The third-order valence-corrected chi connectivity index (χ3v) is 3.88. The van der Waals surface area contributed by atoms with Gasteiger partial charge in [0, 0.05) is 30.9 Å². The van der Waals surface area contributed by atoms with Gasteiger partial charge in [0.15, 0.2) is 0 Å². The number of aromatic nitrogens is 2. The Kier molecular flexibility index (Phi) is 4.53. The second kappa shape index (κ2) is 6.75. The number of anilines is 1. The van der Waals surface area contributed by atoms with Gasteiger partial charge in [0.05, 0.1) is 0 Å². The number of carbonyl (C=O) groups is 1. The average molecular weight is 317 g/mol. The van der Waals surface area contributed by atoms with Gasteiger partial charge >= 0.3 is 0 Å². The van der Waals surface area contributed by atoms with Gasteiger partial charge in [0.2, 0.25) is 5.95 Å². The summed E-state index contributed by atoms with van der Waals surface area (Å²) in [6, 6.07) is 9.02. The highest BCUT2D eigenvalue weighted by Crippen LogP contribution is 2.15. The van der Waals surface area contributed by atoms with Crippen molar-refractivity contribution in [1.29, 1.82) is 0 Å². The van der Waals surface area contributed by atoms with Crippen molar-refractivity contribution in [3.63, 3.8) is 0 Å². The fraction of sp³-hybridized carbons (Fsp3) is 0.312. The van der Waals surface area contributed by atoms with Crippen molar-refractivity contribution in [3.8, 4) is 0 Å². The van der Waals surface area contributed by atoms with Crippen LogP contribution in [0.25, 0.3) is 0 Å². The summed E-state index contributed by atoms with van der Waals surface area (Å²) in [5.41, 5.74) is 1.39. The maximum atomic E-state index is 12.2. The van der Waals surface area contributed by atoms with Crippen LogP contribution < -0.4 is 10.2 Å². The number of carbonyl (C=O) groups excluding carboxylic acids is 1. The normalized spacial score (nSPS) is 14.1. The number of nitrogens with zero attached hydrogens (tertiary/aromatic N) is 3. The Morgan fingerprint density at radius 2 is 1.91 bits per heavy atom. The van der Waals surface area contributed by atoms with Gasteiger partial charge in [-0.1, -0.05) is 23.7 Å². The zero-order chi connectivity index (χ0) is 15.4. The number of hydrogen-bond acceptors (Lipinski definition) is 4. The second-order valence-electron chi connectivity index (χ2n) is 5.25. The lowest BCUT2D eigenvalue weighted by atomic mass is 10.2. The molecule has 2 aromatic rings. The summed E-state index contributed by atoms with van der Waals surface area (Å²) in [5, 5.41) is 3.54. The lowest BCUT2D eigenvalue weighted by Crippen LogP contribution is -2.26. The van der Waals surface area contributed by atoms with E-state index in [4.69, 9.17) is 11.6 Å². The molecular formula is C16H17ClN4O. The van der Waals surface area contributed by atoms with Crippen molar-refractivity contribution < 1.29 is 4.79 Å². The first-order valence-corrected chi connectivity index (χ1v) is 7.71. The minimum Gasteiger partial charge on any atom is -0.347 e. The first-order valence-electron chi connectivity index (χ1n) is 7.33. The number of rotatable bonds is 4. The van der Waals surface area contributed by atoms with Crippen LogP contribution in [0.15, 0.2) is 36.5 Å². The predicted octanol–water partition coefficient (Wildman–Crippen LogP) is 2.66. The number of nitrogens with one attached hydrogen (secondary N) is 1. The topological polar surface area (TPSA) is 58.1 Å². The summed E-state index contributed by atoms with van der Waals surface area (Å²) in [7, 11) is 0. The molecule has 1 N–H and O–H groups in total. The lowest BCUT2D eigenvalue weighted by Gasteiger charge is -2.15. The minimum atomic E-state index is -0.196. The summed E-state index contributed by atoms with van der Waals surface area (Å²) < 4.78 is 0. The van der Waals surface area contributed by atoms with Crippen molar-refractivity contribution in [2.45, 2.75) is 19.4 Å². The summed E-state index contributed by atoms with van der Waals surface area (Å²) in [6.07, 6.45) is 3.94. The molecule has 2 heterocycles. The summed E-state index contributed by atoms with van der Waals surface area (Å²) >= 11 is 5.84. The molecule has 22 heavy (non-hydrogen) atoms. The van der Waals surface area contributed by atoms with Gasteiger partial charge in [0.25, 0.3) is 5.91 Å². The first kappa shape index (κ1) is 14.8. The van der Waals surface area contributed by atoms with Gasteiger partial charge in [-0.05, 0) is 36.6 Å². The maximum absolute atomic E-state index is 12.2. The standard InChI is InChI=1S/C16H17ClN4O/c17-13-5-3-12(4-6-13)11-19-15(22)14-7-8-18-16(20-14)21-9-1-2-10-21/h3-8H,1-2,9-11H2,(H,19,22). The quantitative estimate of drug-likeness (QED) is 0.942. The fourth-order valence-electron chi connectivity index (χ4n) is 2.42. The first-order chi connectivity index (χ1) is 10.7. The Morgan fingerprint density at radius 1 is 1.18 bits per heavy atom. The van der Waals surface area contributed by atoms with E-state index in [0.29, 0.717) is 23.2 Å². The molecule has 1 aliphatic heterocycles. The van der Waals surface area contributed by atoms with E-state index in [9.17, 15) is 4.79 Å². The lowest BCUT2D eigenvalue weighted by molar-refractivity contribution is 0.0946. The maximum Gasteiger partial charge on any atom is 0.270 e. The number of benzene rings is 1. The van der Waals surface area contributed by atoms with E-state index in [1.807, 2.05) is 12.1 Å². The Morgan fingerprint density at radius 3 is 2.64 bits per heavy atom. The van der Waals surface area contributed by atoms with Gasteiger partial charge in [-0.3, -0.25) is 4.79 Å². The van der Waals surface area contributed by atoms with Crippen molar-refractivity contribution in [1.82, 2.24) is 15.3 Å². The van der Waals surface area contributed by atoms with Crippen LogP contribution >= 0.6 is 11.6 Å². The third kappa shape index (κ3) is 3.54. The SMILES string of the molecule is O=C(NCc1ccc(Cl)cc1)c1ccnc(N2CCCC2)n1. The van der Waals surface area contributed by atoms with Gasteiger partial charge < -0.3 is 10.2 Å². The van der Waals surface area contributed by atoms with Gasteiger partial charge in [0.1, 0.15) is 5.69 Å². The molecule has 0 atom stereocenters. The summed E-state index contributed by atoms with van der Waals surface area (Å²) in [6.45, 7) is 2.35. The highest BCUT2D eigenvalue weighted by Gasteiger charge is 2.16. The molecule has 1 aromatic heterocycles. The van der Waals surface area contributed by atoms with Gasteiger partial charge in [-0.15, -0.1) is 0 Å². The van der Waals surface area contributed by atoms with E-state index < -0.39 is 0 Å². The Labute approximate surface area is 134 Å². The Bertz CT molecular complexity index is 653. The van der Waals surface area contributed by atoms with Crippen molar-refractivity contribution in [2.75, 3.05) is 18.0 Å². The van der Waals surface area contributed by atoms with E-state index in [1.165, 1.54) is 0 Å². The van der Waals surface area contributed by atoms with Crippen molar-refractivity contribution in [3.05, 3.63) is 52.8 Å². The Hall–Kier alpha value is -2.14. The van der Waals surface area contributed by atoms with E-state index in [2.05, 4.69) is 20.2 Å². The molecule has 0 unspecified atom stereocenters. The minimum absolute atomic E-state index is 0.196. The molecule has 1 amide bonds. The van der Waals surface area contributed by atoms with Gasteiger partial charge in [-0.25, -0.2) is 9.97 Å². The van der Waals surface area contributed by atoms with Crippen LogP contribution in [0.5, 0.6) is 0 Å². The Balaban J connectivity index is 1.64. The fourth-order valence-corrected chi connectivity index (χ4v) is 2.55. The average Bonchev–Trinajstić information content (AvgIpc) is 3.09. The molecule has 1 saturated heterocycles. The molecule has 114 valence electrons. The molecule has 0 spiro atoms. The van der Waals surface area contributed by atoms with Crippen LogP contribution in [0.1, 0.15) is 28.9 Å². The largest absolute Gasteiger partial charge is 0.347 e. The summed E-state index contributed by atoms with van der Waals surface area (Å²) in [5.74, 6) is 0.439. The van der Waals surface area contributed by atoms with E-state index in [-0.39, 0.29) is 5.91 Å². The monoisotopic (exact) mass is 316 g/mol. The number of hydrogen-bond donors (Lipinski definition) is 1. The summed E-state index contributed by atoms with van der Waals surface area (Å²) in [4.78, 5) is 22.9. The second-order valence-corrected chi connectivity index (χ2v) is 5.68. The van der Waals surface area contributed by atoms with Crippen LogP contribution in [0.4, 0.5) is 5.95 Å². The third-order valence-electron chi connectivity index (χ3n) is 3.63. The van der Waals surface area contributed by atoms with E-state index in [0.717, 1.165) is 31.5 Å². The molecule has 3 rings (SSSR count). The van der Waals surface area contributed by atoms with Crippen LogP contribution in [0.2, 0.25) is 5.02 Å².